The van der Waals surface area contributed by atoms with E-state index in [2.05, 4.69) is 21.0 Å². The lowest BCUT2D eigenvalue weighted by atomic mass is 10.1. The smallest absolute Gasteiger partial charge is 0.311 e. The first-order chi connectivity index (χ1) is 15.2. The fourth-order valence-electron chi connectivity index (χ4n) is 3.94. The van der Waals surface area contributed by atoms with Crippen LogP contribution < -0.4 is 21.7 Å². The topological polar surface area (TPSA) is 26.3 Å². The van der Waals surface area contributed by atoms with Crippen LogP contribution in [0.3, 0.4) is 0 Å². The SMILES string of the molecule is CCCCCCCCCCCCCC[N+](C)(C)CCCC(=O)Oc1c(Cl)cc(Cl)cc1Cl.[Br-]. The zero-order valence-electron chi connectivity index (χ0n) is 20.7. The molecule has 0 N–H and O–H groups in total. The maximum absolute atomic E-state index is 12.2. The minimum absolute atomic E-state index is 0. The second-order valence-electron chi connectivity index (χ2n) is 9.55. The monoisotopic (exact) mass is 585 g/mol. The van der Waals surface area contributed by atoms with Crippen LogP contribution in [0.2, 0.25) is 15.1 Å². The Morgan fingerprint density at radius 2 is 1.18 bits per heavy atom. The molecule has 1 aromatic rings. The average molecular weight is 588 g/mol. The Morgan fingerprint density at radius 3 is 1.67 bits per heavy atom. The zero-order valence-corrected chi connectivity index (χ0v) is 24.6. The van der Waals surface area contributed by atoms with Crippen molar-refractivity contribution >= 4 is 40.8 Å². The van der Waals surface area contributed by atoms with Gasteiger partial charge in [0.2, 0.25) is 0 Å². The Hall–Kier alpha value is -0.0000000000000000555. The predicted molar refractivity (Wildman–Crippen MR) is 139 cm³/mol. The maximum atomic E-state index is 12.2. The van der Waals surface area contributed by atoms with E-state index in [0.717, 1.165) is 24.0 Å². The van der Waals surface area contributed by atoms with Crippen molar-refractivity contribution in [2.75, 3.05) is 27.2 Å². The number of hydrogen-bond acceptors (Lipinski definition) is 2. The van der Waals surface area contributed by atoms with E-state index < -0.39 is 0 Å². The number of carbonyl (C=O) groups excluding carboxylic acids is 1. The lowest BCUT2D eigenvalue weighted by Gasteiger charge is -2.29. The third-order valence-corrected chi connectivity index (χ3v) is 6.72. The van der Waals surface area contributed by atoms with Crippen molar-refractivity contribution in [2.45, 2.75) is 96.8 Å². The molecular weight excluding hydrogens is 545 g/mol. The lowest BCUT2D eigenvalue weighted by Crippen LogP contribution is -3.00. The summed E-state index contributed by atoms with van der Waals surface area (Å²) in [7, 11) is 4.47. The van der Waals surface area contributed by atoms with E-state index >= 15 is 0 Å². The largest absolute Gasteiger partial charge is 1.00 e. The highest BCUT2D eigenvalue weighted by Gasteiger charge is 2.17. The molecule has 0 radical (unpaired) electrons. The highest BCUT2D eigenvalue weighted by Crippen LogP contribution is 2.36. The standard InChI is InChI=1S/C26H43Cl3NO2.BrH/c1-4-5-6-7-8-9-10-11-12-13-14-15-18-30(2,3)19-16-17-25(31)32-26-23(28)20-22(27)21-24(26)29;/h20-21H,4-19H2,1-3H3;1H/q+1;/p-1. The van der Waals surface area contributed by atoms with E-state index in [9.17, 15) is 4.79 Å². The van der Waals surface area contributed by atoms with Crippen molar-refractivity contribution in [1.82, 2.24) is 0 Å². The van der Waals surface area contributed by atoms with Gasteiger partial charge < -0.3 is 26.2 Å². The Balaban J connectivity index is 0.0000102. The van der Waals surface area contributed by atoms with Gasteiger partial charge in [0.1, 0.15) is 0 Å². The van der Waals surface area contributed by atoms with Gasteiger partial charge in [-0.25, -0.2) is 0 Å². The summed E-state index contributed by atoms with van der Waals surface area (Å²) in [4.78, 5) is 12.2. The molecular formula is C26H43BrCl3NO2. The molecule has 33 heavy (non-hydrogen) atoms. The van der Waals surface area contributed by atoms with Gasteiger partial charge in [-0.1, -0.05) is 106 Å². The van der Waals surface area contributed by atoms with Gasteiger partial charge in [0.05, 0.1) is 43.7 Å². The molecule has 0 unspecified atom stereocenters. The normalized spacial score (nSPS) is 11.3. The molecule has 192 valence electrons. The van der Waals surface area contributed by atoms with Crippen LogP contribution in [0.5, 0.6) is 5.75 Å². The number of quaternary nitrogens is 1. The van der Waals surface area contributed by atoms with Gasteiger partial charge in [0, 0.05) is 11.4 Å². The Kier molecular flexibility index (Phi) is 19.2. The molecule has 0 atom stereocenters. The summed E-state index contributed by atoms with van der Waals surface area (Å²) in [6, 6.07) is 3.04. The molecule has 0 aliphatic carbocycles. The van der Waals surface area contributed by atoms with Gasteiger partial charge in [0.15, 0.2) is 5.75 Å². The summed E-state index contributed by atoms with van der Waals surface area (Å²) >= 11 is 18.0. The molecule has 0 amide bonds. The fourth-order valence-corrected chi connectivity index (χ4v) is 4.83. The molecule has 0 heterocycles. The average Bonchev–Trinajstić information content (AvgIpc) is 2.71. The molecule has 0 spiro atoms. The third kappa shape index (κ3) is 16.3. The second-order valence-corrected chi connectivity index (χ2v) is 10.8. The molecule has 0 aliphatic rings. The van der Waals surface area contributed by atoms with Crippen LogP contribution in [0.1, 0.15) is 96.8 Å². The van der Waals surface area contributed by atoms with Crippen molar-refractivity contribution in [2.24, 2.45) is 0 Å². The van der Waals surface area contributed by atoms with Gasteiger partial charge >= 0.3 is 5.97 Å². The molecule has 3 nitrogen and oxygen atoms in total. The number of unbranched alkanes of at least 4 members (excludes halogenated alkanes) is 11. The van der Waals surface area contributed by atoms with E-state index in [1.807, 2.05) is 0 Å². The van der Waals surface area contributed by atoms with Crippen LogP contribution >= 0.6 is 34.8 Å². The number of rotatable bonds is 18. The second kappa shape index (κ2) is 19.2. The molecule has 1 rings (SSSR count). The van der Waals surface area contributed by atoms with Crippen LogP contribution in [0.15, 0.2) is 12.1 Å². The molecule has 0 saturated heterocycles. The third-order valence-electron chi connectivity index (χ3n) is 5.94. The van der Waals surface area contributed by atoms with Gasteiger partial charge in [-0.15, -0.1) is 0 Å². The Morgan fingerprint density at radius 1 is 0.758 bits per heavy atom. The quantitative estimate of drug-likeness (QED) is 0.0896. The van der Waals surface area contributed by atoms with E-state index in [1.165, 1.54) is 89.2 Å². The number of hydrogen-bond donors (Lipinski definition) is 0. The Bertz CT molecular complexity index is 648. The number of benzene rings is 1. The van der Waals surface area contributed by atoms with Crippen LogP contribution in [0.25, 0.3) is 0 Å². The van der Waals surface area contributed by atoms with Gasteiger partial charge in [-0.2, -0.15) is 0 Å². The van der Waals surface area contributed by atoms with Gasteiger partial charge in [-0.3, -0.25) is 4.79 Å². The number of nitrogens with zero attached hydrogens (tertiary/aromatic N) is 1. The number of ether oxygens (including phenoxy) is 1. The highest BCUT2D eigenvalue weighted by molar-refractivity contribution is 6.40. The summed E-state index contributed by atoms with van der Waals surface area (Å²) < 4.78 is 6.28. The molecule has 1 aromatic carbocycles. The first-order valence-electron chi connectivity index (χ1n) is 12.4. The summed E-state index contributed by atoms with van der Waals surface area (Å²) in [5.74, 6) is -0.130. The zero-order chi connectivity index (χ0) is 23.8. The molecule has 0 aromatic heterocycles. The van der Waals surface area contributed by atoms with Crippen LogP contribution in [-0.4, -0.2) is 37.6 Å². The highest BCUT2D eigenvalue weighted by atomic mass is 79.9. The summed E-state index contributed by atoms with van der Waals surface area (Å²) in [5, 5.41) is 0.912. The minimum Gasteiger partial charge on any atom is -1.00 e. The molecule has 0 bridgehead atoms. The number of esters is 1. The van der Waals surface area contributed by atoms with Gasteiger partial charge in [0.25, 0.3) is 0 Å². The van der Waals surface area contributed by atoms with Crippen LogP contribution in [-0.2, 0) is 4.79 Å². The van der Waals surface area contributed by atoms with Crippen LogP contribution in [0.4, 0.5) is 0 Å². The Labute approximate surface area is 227 Å². The van der Waals surface area contributed by atoms with E-state index in [0.29, 0.717) is 11.4 Å². The molecule has 7 heteroatoms. The molecule has 0 saturated carbocycles. The number of halogens is 4. The predicted octanol–water partition coefficient (Wildman–Crippen LogP) is 6.11. The van der Waals surface area contributed by atoms with Gasteiger partial charge in [-0.05, 0) is 25.0 Å². The van der Waals surface area contributed by atoms with Crippen molar-refractivity contribution in [3.63, 3.8) is 0 Å². The summed E-state index contributed by atoms with van der Waals surface area (Å²) in [6.07, 6.45) is 17.5. The summed E-state index contributed by atoms with van der Waals surface area (Å²) in [6.45, 7) is 4.35. The molecule has 0 fully saturated rings. The lowest BCUT2D eigenvalue weighted by molar-refractivity contribution is -0.890. The van der Waals surface area contributed by atoms with Crippen molar-refractivity contribution < 1.29 is 31.0 Å². The number of carbonyl (C=O) groups is 1. The first kappa shape index (κ1) is 33.0. The maximum Gasteiger partial charge on any atom is 0.311 e. The van der Waals surface area contributed by atoms with Crippen molar-refractivity contribution in [3.8, 4) is 5.75 Å². The van der Waals surface area contributed by atoms with Crippen molar-refractivity contribution in [1.29, 1.82) is 0 Å². The molecule has 0 aliphatic heterocycles. The van der Waals surface area contributed by atoms with E-state index in [-0.39, 0.29) is 38.7 Å². The minimum atomic E-state index is -0.318. The van der Waals surface area contributed by atoms with E-state index in [1.54, 1.807) is 0 Å². The van der Waals surface area contributed by atoms with E-state index in [4.69, 9.17) is 39.5 Å². The first-order valence-corrected chi connectivity index (χ1v) is 13.6. The summed E-state index contributed by atoms with van der Waals surface area (Å²) in [5.41, 5.74) is 0. The van der Waals surface area contributed by atoms with Crippen molar-refractivity contribution in [3.05, 3.63) is 27.2 Å². The van der Waals surface area contributed by atoms with Crippen LogP contribution in [0, 0.1) is 0 Å². The fraction of sp³-hybridized carbons (Fsp3) is 0.731.